The van der Waals surface area contributed by atoms with Crippen LogP contribution in [0, 0.1) is 5.41 Å². The van der Waals surface area contributed by atoms with Gasteiger partial charge in [0.1, 0.15) is 0 Å². The second kappa shape index (κ2) is 6.32. The molecule has 0 radical (unpaired) electrons. The SMILES string of the molecule is C=CC(=O)N(CC)CC(=O)N1CCC(F)(F)C2(CCOC2)C1. The lowest BCUT2D eigenvalue weighted by Crippen LogP contribution is -2.58. The van der Waals surface area contributed by atoms with E-state index in [1.54, 1.807) is 6.92 Å². The number of rotatable bonds is 4. The number of hydrogen-bond donors (Lipinski definition) is 0. The molecule has 2 rings (SSSR count). The highest BCUT2D eigenvalue weighted by Gasteiger charge is 2.59. The number of piperidine rings is 1. The zero-order valence-corrected chi connectivity index (χ0v) is 12.8. The summed E-state index contributed by atoms with van der Waals surface area (Å²) >= 11 is 0. The van der Waals surface area contributed by atoms with E-state index in [0.717, 1.165) is 6.08 Å². The molecule has 0 N–H and O–H groups in total. The second-order valence-electron chi connectivity index (χ2n) is 5.91. The summed E-state index contributed by atoms with van der Waals surface area (Å²) in [5, 5.41) is 0. The maximum Gasteiger partial charge on any atom is 0.259 e. The number of nitrogens with zero attached hydrogens (tertiary/aromatic N) is 2. The molecule has 2 amide bonds. The van der Waals surface area contributed by atoms with E-state index in [9.17, 15) is 18.4 Å². The number of alkyl halides is 2. The summed E-state index contributed by atoms with van der Waals surface area (Å²) in [7, 11) is 0. The van der Waals surface area contributed by atoms with Crippen molar-refractivity contribution < 1.29 is 23.1 Å². The number of amides is 2. The van der Waals surface area contributed by atoms with Gasteiger partial charge in [0.05, 0.1) is 18.6 Å². The molecule has 2 aliphatic rings. The molecule has 2 aliphatic heterocycles. The van der Waals surface area contributed by atoms with E-state index in [0.29, 0.717) is 13.2 Å². The van der Waals surface area contributed by atoms with Gasteiger partial charge in [-0.15, -0.1) is 0 Å². The Balaban J connectivity index is 2.05. The third-order valence-corrected chi connectivity index (χ3v) is 4.62. The molecule has 2 fully saturated rings. The van der Waals surface area contributed by atoms with E-state index in [1.807, 2.05) is 0 Å². The fourth-order valence-electron chi connectivity index (χ4n) is 3.07. The molecule has 0 aromatic carbocycles. The molecule has 7 heteroatoms. The monoisotopic (exact) mass is 316 g/mol. The summed E-state index contributed by atoms with van der Waals surface area (Å²) in [6.07, 6.45) is 1.05. The maximum absolute atomic E-state index is 14.2. The first kappa shape index (κ1) is 16.9. The molecule has 2 saturated heterocycles. The normalized spacial score (nSPS) is 27.0. The van der Waals surface area contributed by atoms with Crippen molar-refractivity contribution in [2.45, 2.75) is 25.7 Å². The summed E-state index contributed by atoms with van der Waals surface area (Å²) in [4.78, 5) is 26.7. The Morgan fingerprint density at radius 3 is 2.68 bits per heavy atom. The van der Waals surface area contributed by atoms with Gasteiger partial charge in [0.2, 0.25) is 11.8 Å². The fraction of sp³-hybridized carbons (Fsp3) is 0.733. The highest BCUT2D eigenvalue weighted by atomic mass is 19.3. The van der Waals surface area contributed by atoms with Gasteiger partial charge < -0.3 is 14.5 Å². The van der Waals surface area contributed by atoms with Gasteiger partial charge in [-0.1, -0.05) is 6.58 Å². The van der Waals surface area contributed by atoms with E-state index < -0.39 is 11.3 Å². The topological polar surface area (TPSA) is 49.9 Å². The van der Waals surface area contributed by atoms with Gasteiger partial charge in [-0.25, -0.2) is 8.78 Å². The number of likely N-dealkylation sites (tertiary alicyclic amines) is 1. The summed E-state index contributed by atoms with van der Waals surface area (Å²) < 4.78 is 33.6. The molecule has 0 bridgehead atoms. The van der Waals surface area contributed by atoms with E-state index in [4.69, 9.17) is 4.74 Å². The van der Waals surface area contributed by atoms with Gasteiger partial charge in [-0.2, -0.15) is 0 Å². The lowest BCUT2D eigenvalue weighted by atomic mass is 9.76. The summed E-state index contributed by atoms with van der Waals surface area (Å²) in [5.41, 5.74) is -1.28. The first-order chi connectivity index (χ1) is 10.3. The van der Waals surface area contributed by atoms with Crippen molar-refractivity contribution in [3.63, 3.8) is 0 Å². The quantitative estimate of drug-likeness (QED) is 0.735. The van der Waals surface area contributed by atoms with Crippen LogP contribution in [0.2, 0.25) is 0 Å². The first-order valence-corrected chi connectivity index (χ1v) is 7.50. The molecule has 124 valence electrons. The van der Waals surface area contributed by atoms with Crippen LogP contribution in [-0.4, -0.2) is 66.9 Å². The highest BCUT2D eigenvalue weighted by molar-refractivity contribution is 5.90. The molecule has 0 aromatic rings. The molecular weight excluding hydrogens is 294 g/mol. The predicted molar refractivity (Wildman–Crippen MR) is 76.5 cm³/mol. The summed E-state index contributed by atoms with van der Waals surface area (Å²) in [6, 6.07) is 0. The van der Waals surface area contributed by atoms with Crippen molar-refractivity contribution in [2.24, 2.45) is 5.41 Å². The van der Waals surface area contributed by atoms with Crippen molar-refractivity contribution in [3.05, 3.63) is 12.7 Å². The van der Waals surface area contributed by atoms with Crippen LogP contribution in [0.15, 0.2) is 12.7 Å². The molecule has 2 heterocycles. The Morgan fingerprint density at radius 1 is 1.41 bits per heavy atom. The van der Waals surface area contributed by atoms with Crippen LogP contribution in [0.5, 0.6) is 0 Å². The number of carbonyl (C=O) groups is 2. The van der Waals surface area contributed by atoms with Crippen molar-refractivity contribution >= 4 is 11.8 Å². The molecule has 0 aromatic heterocycles. The largest absolute Gasteiger partial charge is 0.381 e. The average Bonchev–Trinajstić information content (AvgIpc) is 2.97. The molecule has 0 aliphatic carbocycles. The van der Waals surface area contributed by atoms with Crippen LogP contribution in [0.3, 0.4) is 0 Å². The second-order valence-corrected chi connectivity index (χ2v) is 5.91. The molecule has 1 unspecified atom stereocenters. The minimum atomic E-state index is -2.82. The minimum Gasteiger partial charge on any atom is -0.381 e. The van der Waals surface area contributed by atoms with E-state index in [2.05, 4.69) is 6.58 Å². The Kier molecular flexibility index (Phi) is 4.84. The van der Waals surface area contributed by atoms with Crippen LogP contribution < -0.4 is 0 Å². The smallest absolute Gasteiger partial charge is 0.259 e. The third kappa shape index (κ3) is 2.99. The summed E-state index contributed by atoms with van der Waals surface area (Å²) in [5.74, 6) is -3.46. The number of likely N-dealkylation sites (N-methyl/N-ethyl adjacent to an activating group) is 1. The molecule has 22 heavy (non-hydrogen) atoms. The zero-order chi connectivity index (χ0) is 16.4. The van der Waals surface area contributed by atoms with Crippen LogP contribution in [0.1, 0.15) is 19.8 Å². The predicted octanol–water partition coefficient (Wildman–Crippen LogP) is 1.30. The van der Waals surface area contributed by atoms with Gasteiger partial charge in [-0.05, 0) is 19.4 Å². The molecule has 1 atom stereocenters. The van der Waals surface area contributed by atoms with Crippen molar-refractivity contribution in [1.29, 1.82) is 0 Å². The maximum atomic E-state index is 14.2. The van der Waals surface area contributed by atoms with Gasteiger partial charge in [-0.3, -0.25) is 9.59 Å². The Bertz CT molecular complexity index is 462. The van der Waals surface area contributed by atoms with Crippen LogP contribution in [0.4, 0.5) is 8.78 Å². The number of carbonyl (C=O) groups excluding carboxylic acids is 2. The molecule has 1 spiro atoms. The number of ether oxygens (including phenoxy) is 1. The number of halogens is 2. The van der Waals surface area contributed by atoms with E-state index >= 15 is 0 Å². The highest BCUT2D eigenvalue weighted by Crippen LogP contribution is 2.48. The zero-order valence-electron chi connectivity index (χ0n) is 12.8. The van der Waals surface area contributed by atoms with Crippen molar-refractivity contribution in [3.8, 4) is 0 Å². The van der Waals surface area contributed by atoms with Gasteiger partial charge >= 0.3 is 0 Å². The van der Waals surface area contributed by atoms with Gasteiger partial charge in [0.15, 0.2) is 0 Å². The fourth-order valence-corrected chi connectivity index (χ4v) is 3.07. The standard InChI is InChI=1S/C15H22F2N2O3/c1-3-12(20)18(4-2)9-13(21)19-7-5-15(16,17)14(10-19)6-8-22-11-14/h3H,1,4-11H2,2H3. The average molecular weight is 316 g/mol. The van der Waals surface area contributed by atoms with Crippen molar-refractivity contribution in [2.75, 3.05) is 39.4 Å². The Labute approximate surface area is 128 Å². The first-order valence-electron chi connectivity index (χ1n) is 7.50. The van der Waals surface area contributed by atoms with Gasteiger partial charge in [0, 0.05) is 32.7 Å². The lowest BCUT2D eigenvalue weighted by molar-refractivity contribution is -0.175. The minimum absolute atomic E-state index is 0.00736. The molecular formula is C15H22F2N2O3. The summed E-state index contributed by atoms with van der Waals surface area (Å²) in [6.45, 7) is 5.68. The molecule has 5 nitrogen and oxygen atoms in total. The van der Waals surface area contributed by atoms with Gasteiger partial charge in [0.25, 0.3) is 5.92 Å². The number of hydrogen-bond acceptors (Lipinski definition) is 3. The van der Waals surface area contributed by atoms with Crippen LogP contribution in [0.25, 0.3) is 0 Å². The lowest BCUT2D eigenvalue weighted by Gasteiger charge is -2.45. The van der Waals surface area contributed by atoms with Crippen molar-refractivity contribution in [1.82, 2.24) is 9.80 Å². The van der Waals surface area contributed by atoms with Crippen LogP contribution >= 0.6 is 0 Å². The third-order valence-electron chi connectivity index (χ3n) is 4.62. The Morgan fingerprint density at radius 2 is 2.14 bits per heavy atom. The Hall–Kier alpha value is -1.50. The van der Waals surface area contributed by atoms with E-state index in [1.165, 1.54) is 9.80 Å². The van der Waals surface area contributed by atoms with Crippen LogP contribution in [-0.2, 0) is 14.3 Å². The van der Waals surface area contributed by atoms with E-state index in [-0.39, 0.29) is 50.9 Å². The molecule has 0 saturated carbocycles.